The van der Waals surface area contributed by atoms with Crippen molar-refractivity contribution in [3.8, 4) is 0 Å². The number of ether oxygens (including phenoxy) is 1. The summed E-state index contributed by atoms with van der Waals surface area (Å²) in [7, 11) is 1.40. The molecule has 1 aliphatic heterocycles. The summed E-state index contributed by atoms with van der Waals surface area (Å²) in [4.78, 5) is 24.5. The minimum Gasteiger partial charge on any atom is -0.478 e. The predicted molar refractivity (Wildman–Crippen MR) is 68.8 cm³/mol. The quantitative estimate of drug-likeness (QED) is 0.834. The van der Waals surface area contributed by atoms with Gasteiger partial charge in [-0.15, -0.1) is 0 Å². The first-order chi connectivity index (χ1) is 9.11. The predicted octanol–water partition coefficient (Wildman–Crippen LogP) is 1.52. The zero-order chi connectivity index (χ0) is 13.8. The van der Waals surface area contributed by atoms with Crippen LogP contribution in [0.5, 0.6) is 0 Å². The van der Waals surface area contributed by atoms with Gasteiger partial charge in [-0.1, -0.05) is 12.1 Å². The third kappa shape index (κ3) is 3.12. The van der Waals surface area contributed by atoms with Crippen LogP contribution in [-0.2, 0) is 16.1 Å². The molecule has 5 nitrogen and oxygen atoms in total. The van der Waals surface area contributed by atoms with Crippen LogP contribution in [-0.4, -0.2) is 41.6 Å². The van der Waals surface area contributed by atoms with Gasteiger partial charge in [-0.2, -0.15) is 0 Å². The van der Waals surface area contributed by atoms with E-state index in [1.165, 1.54) is 7.11 Å². The van der Waals surface area contributed by atoms with Crippen LogP contribution in [0.15, 0.2) is 24.3 Å². The van der Waals surface area contributed by atoms with Gasteiger partial charge in [0.15, 0.2) is 0 Å². The van der Waals surface area contributed by atoms with Crippen molar-refractivity contribution in [2.45, 2.75) is 25.4 Å². The third-order valence-electron chi connectivity index (χ3n) is 3.42. The molecule has 0 radical (unpaired) electrons. The Morgan fingerprint density at radius 2 is 2.05 bits per heavy atom. The van der Waals surface area contributed by atoms with E-state index >= 15 is 0 Å². The lowest BCUT2D eigenvalue weighted by Gasteiger charge is -2.22. The molecule has 0 saturated carbocycles. The van der Waals surface area contributed by atoms with Crippen LogP contribution in [0.4, 0.5) is 0 Å². The van der Waals surface area contributed by atoms with E-state index in [-0.39, 0.29) is 17.6 Å². The van der Waals surface area contributed by atoms with Gasteiger partial charge in [0.25, 0.3) is 0 Å². The fourth-order valence-electron chi connectivity index (χ4n) is 2.41. The van der Waals surface area contributed by atoms with E-state index in [1.54, 1.807) is 24.3 Å². The lowest BCUT2D eigenvalue weighted by Crippen LogP contribution is -2.36. The zero-order valence-electron chi connectivity index (χ0n) is 10.8. The second kappa shape index (κ2) is 5.84. The molecular weight excluding hydrogens is 246 g/mol. The van der Waals surface area contributed by atoms with Crippen molar-refractivity contribution in [3.63, 3.8) is 0 Å². The second-order valence-corrected chi connectivity index (χ2v) is 4.65. The van der Waals surface area contributed by atoms with Gasteiger partial charge >= 0.3 is 11.9 Å². The molecule has 1 fully saturated rings. The van der Waals surface area contributed by atoms with Gasteiger partial charge in [0.1, 0.15) is 6.04 Å². The number of nitrogens with zero attached hydrogens (tertiary/aromatic N) is 1. The first-order valence-corrected chi connectivity index (χ1v) is 6.26. The molecular formula is C14H17NO4. The van der Waals surface area contributed by atoms with Crippen LogP contribution < -0.4 is 0 Å². The van der Waals surface area contributed by atoms with Crippen molar-refractivity contribution < 1.29 is 19.4 Å². The molecule has 0 amide bonds. The Hall–Kier alpha value is -1.88. The largest absolute Gasteiger partial charge is 0.478 e. The number of carbonyl (C=O) groups is 2. The maximum atomic E-state index is 11.6. The molecule has 1 aromatic rings. The molecule has 5 heteroatoms. The van der Waals surface area contributed by atoms with E-state index in [9.17, 15) is 9.59 Å². The number of carboxylic acid groups (broad SMARTS) is 1. The SMILES string of the molecule is COC(=O)C1CCCN1Cc1ccc(C(=O)O)cc1. The summed E-state index contributed by atoms with van der Waals surface area (Å²) in [5.41, 5.74) is 1.27. The van der Waals surface area contributed by atoms with Crippen LogP contribution in [0.25, 0.3) is 0 Å². The average Bonchev–Trinajstić information content (AvgIpc) is 2.86. The fraction of sp³-hybridized carbons (Fsp3) is 0.429. The smallest absolute Gasteiger partial charge is 0.335 e. The third-order valence-corrected chi connectivity index (χ3v) is 3.42. The topological polar surface area (TPSA) is 66.8 Å². The Kier molecular flexibility index (Phi) is 4.16. The number of hydrogen-bond donors (Lipinski definition) is 1. The number of carboxylic acids is 1. The summed E-state index contributed by atoms with van der Waals surface area (Å²) in [5, 5.41) is 8.84. The summed E-state index contributed by atoms with van der Waals surface area (Å²) in [6, 6.07) is 6.57. The molecule has 102 valence electrons. The number of aromatic carboxylic acids is 1. The highest BCUT2D eigenvalue weighted by atomic mass is 16.5. The molecule has 1 atom stereocenters. The Balaban J connectivity index is 2.04. The molecule has 1 aliphatic rings. The van der Waals surface area contributed by atoms with Crippen molar-refractivity contribution in [2.75, 3.05) is 13.7 Å². The molecule has 2 rings (SSSR count). The Labute approximate surface area is 111 Å². The molecule has 0 aromatic heterocycles. The normalized spacial score (nSPS) is 19.3. The van der Waals surface area contributed by atoms with Gasteiger partial charge < -0.3 is 9.84 Å². The standard InChI is InChI=1S/C14H17NO4/c1-19-14(18)12-3-2-8-15(12)9-10-4-6-11(7-5-10)13(16)17/h4-7,12H,2-3,8-9H2,1H3,(H,16,17). The molecule has 0 aliphatic carbocycles. The average molecular weight is 263 g/mol. The molecule has 1 aromatic carbocycles. The number of hydrogen-bond acceptors (Lipinski definition) is 4. The van der Waals surface area contributed by atoms with Crippen LogP contribution in [0.2, 0.25) is 0 Å². The lowest BCUT2D eigenvalue weighted by molar-refractivity contribution is -0.146. The van der Waals surface area contributed by atoms with Crippen molar-refractivity contribution in [1.29, 1.82) is 0 Å². The number of esters is 1. The molecule has 1 unspecified atom stereocenters. The highest BCUT2D eigenvalue weighted by Gasteiger charge is 2.31. The van der Waals surface area contributed by atoms with E-state index in [0.29, 0.717) is 6.54 Å². The summed E-state index contributed by atoms with van der Waals surface area (Å²) in [6.07, 6.45) is 1.80. The van der Waals surface area contributed by atoms with Crippen molar-refractivity contribution in [3.05, 3.63) is 35.4 Å². The highest BCUT2D eigenvalue weighted by molar-refractivity contribution is 5.87. The monoisotopic (exact) mass is 263 g/mol. The van der Waals surface area contributed by atoms with Crippen LogP contribution in [0.3, 0.4) is 0 Å². The molecule has 1 N–H and O–H groups in total. The number of methoxy groups -OCH3 is 1. The van der Waals surface area contributed by atoms with Gasteiger partial charge in [0.05, 0.1) is 12.7 Å². The highest BCUT2D eigenvalue weighted by Crippen LogP contribution is 2.21. The minimum atomic E-state index is -0.930. The Bertz CT molecular complexity index is 469. The first-order valence-electron chi connectivity index (χ1n) is 6.26. The second-order valence-electron chi connectivity index (χ2n) is 4.65. The fourth-order valence-corrected chi connectivity index (χ4v) is 2.41. The minimum absolute atomic E-state index is 0.177. The van der Waals surface area contributed by atoms with E-state index in [2.05, 4.69) is 4.90 Å². The maximum absolute atomic E-state index is 11.6. The first kappa shape index (κ1) is 13.5. The van der Waals surface area contributed by atoms with Gasteiger partial charge in [0.2, 0.25) is 0 Å². The zero-order valence-corrected chi connectivity index (χ0v) is 10.8. The molecule has 1 saturated heterocycles. The van der Waals surface area contributed by atoms with Gasteiger partial charge in [-0.3, -0.25) is 9.69 Å². The number of likely N-dealkylation sites (tertiary alicyclic amines) is 1. The van der Waals surface area contributed by atoms with Crippen molar-refractivity contribution in [2.24, 2.45) is 0 Å². The van der Waals surface area contributed by atoms with Gasteiger partial charge in [-0.25, -0.2) is 4.79 Å². The van der Waals surface area contributed by atoms with Crippen molar-refractivity contribution >= 4 is 11.9 Å². The number of benzene rings is 1. The summed E-state index contributed by atoms with van der Waals surface area (Å²) in [5.74, 6) is -1.13. The van der Waals surface area contributed by atoms with E-state index in [1.807, 2.05) is 0 Å². The van der Waals surface area contributed by atoms with Gasteiger partial charge in [-0.05, 0) is 37.1 Å². The number of rotatable bonds is 4. The van der Waals surface area contributed by atoms with E-state index < -0.39 is 5.97 Å². The summed E-state index contributed by atoms with van der Waals surface area (Å²) < 4.78 is 4.79. The molecule has 1 heterocycles. The summed E-state index contributed by atoms with van der Waals surface area (Å²) in [6.45, 7) is 1.50. The van der Waals surface area contributed by atoms with Crippen LogP contribution >= 0.6 is 0 Å². The van der Waals surface area contributed by atoms with Crippen LogP contribution in [0, 0.1) is 0 Å². The molecule has 19 heavy (non-hydrogen) atoms. The lowest BCUT2D eigenvalue weighted by atomic mass is 10.1. The molecule has 0 spiro atoms. The van der Waals surface area contributed by atoms with Crippen LogP contribution in [0.1, 0.15) is 28.8 Å². The number of carbonyl (C=O) groups excluding carboxylic acids is 1. The van der Waals surface area contributed by atoms with Gasteiger partial charge in [0, 0.05) is 6.54 Å². The van der Waals surface area contributed by atoms with Crippen molar-refractivity contribution in [1.82, 2.24) is 4.90 Å². The van der Waals surface area contributed by atoms with E-state index in [4.69, 9.17) is 9.84 Å². The Morgan fingerprint density at radius 1 is 1.37 bits per heavy atom. The van der Waals surface area contributed by atoms with E-state index in [0.717, 1.165) is 24.9 Å². The maximum Gasteiger partial charge on any atom is 0.335 e. The molecule has 0 bridgehead atoms. The Morgan fingerprint density at radius 3 is 2.63 bits per heavy atom. The summed E-state index contributed by atoms with van der Waals surface area (Å²) >= 11 is 0.